The van der Waals surface area contributed by atoms with Crippen molar-refractivity contribution in [2.45, 2.75) is 322 Å². The quantitative estimate of drug-likeness (QED) is 0.0146. The van der Waals surface area contributed by atoms with E-state index in [2.05, 4.69) is 167 Å². The van der Waals surface area contributed by atoms with Crippen LogP contribution in [0.5, 0.6) is 0 Å². The van der Waals surface area contributed by atoms with E-state index in [4.69, 9.17) is 32.3 Å². The number of carbonyl (C=O) groups is 3. The Morgan fingerprint density at radius 1 is 0.282 bits per heavy atom. The van der Waals surface area contributed by atoms with Crippen molar-refractivity contribution in [2.24, 2.45) is 0 Å². The summed E-state index contributed by atoms with van der Waals surface area (Å²) >= 11 is 0. The summed E-state index contributed by atoms with van der Waals surface area (Å²) in [6.45, 7) is 2.43. The van der Waals surface area contributed by atoms with Crippen molar-refractivity contribution in [3.63, 3.8) is 0 Å². The van der Waals surface area contributed by atoms with Crippen LogP contribution in [0.3, 0.4) is 0 Å². The van der Waals surface area contributed by atoms with E-state index in [1.807, 2.05) is 12.2 Å². The molecule has 5 unspecified atom stereocenters. The Kier molecular flexibility index (Phi) is 73.2. The Balaban J connectivity index is 4.68. The molecule has 4 N–H and O–H groups in total. The molecule has 0 rings (SSSR count). The molecule has 18 heteroatoms. The number of esters is 3. The van der Waals surface area contributed by atoms with Crippen LogP contribution >= 0.6 is 15.6 Å². The standard InChI is InChI=1S/C85H142O16P2/c1-4-7-10-13-16-19-22-25-28-31-33-35-37-39-41-43-45-48-50-53-56-59-62-65-68-71-83(88)95-74-80(86)75-97-102(91,92)98-76-81(87)77-99-103(93,94)100-79-82(101-85(90)73-70-67-64-61-58-55-52-47-30-27-24-21-18-15-12-9-6-3)78-96-84(89)72-69-66-63-60-57-54-51-49-46-44-42-40-38-36-34-32-29-26-23-20-17-14-11-8-5-2/h9,12,16-21,25-30,33-36,39-42,52,55,61,64,80-82,86-87H,4-8,10-11,13-15,22-24,31-32,37-38,43-51,53-54,56-60,62-63,65-79H2,1-3H3,(H,91,92)(H,93,94)/b12-9-,19-16-,20-17-,21-18-,28-25-,29-26-,30-27-,35-33-,36-34-,41-39-,42-40-,55-52-,64-61-. The lowest BCUT2D eigenvalue weighted by Crippen LogP contribution is -2.30. The maximum atomic E-state index is 13.0. The molecule has 0 aromatic carbocycles. The molecule has 0 saturated carbocycles. The Hall–Kier alpha value is -4.83. The first-order chi connectivity index (χ1) is 50.2. The molecule has 0 aliphatic carbocycles. The molecule has 5 atom stereocenters. The third kappa shape index (κ3) is 78.1. The van der Waals surface area contributed by atoms with E-state index in [0.29, 0.717) is 25.7 Å². The Morgan fingerprint density at radius 3 is 0.845 bits per heavy atom. The third-order valence-corrected chi connectivity index (χ3v) is 18.1. The SMILES string of the molecule is CC/C=C\C/C=C\C/C=C\C/C=C\C/C=C\CCCC(=O)OC(COC(=O)CCCCCCCCCCC/C=C\C/C=C\C/C=C\C/C=C\CCCCC)COP(=O)(O)OCC(O)COP(=O)(O)OCC(O)COC(=O)CCCCCCCCCCC/C=C\C/C=C\C/C=C\C/C=C\CCCCC. The molecule has 0 fully saturated rings. The van der Waals surface area contributed by atoms with Crippen LogP contribution < -0.4 is 0 Å². The number of hydrogen-bond donors (Lipinski definition) is 4. The largest absolute Gasteiger partial charge is 0.472 e. The zero-order chi connectivity index (χ0) is 75.2. The molecule has 0 bridgehead atoms. The van der Waals surface area contributed by atoms with Gasteiger partial charge in [0.25, 0.3) is 0 Å². The summed E-state index contributed by atoms with van der Waals surface area (Å²) in [6, 6.07) is 0. The summed E-state index contributed by atoms with van der Waals surface area (Å²) in [6.07, 6.45) is 95.8. The van der Waals surface area contributed by atoms with Crippen molar-refractivity contribution in [1.29, 1.82) is 0 Å². The smallest absolute Gasteiger partial charge is 0.463 e. The third-order valence-electron chi connectivity index (χ3n) is 16.2. The van der Waals surface area contributed by atoms with Crippen LogP contribution in [0.25, 0.3) is 0 Å². The lowest BCUT2D eigenvalue weighted by molar-refractivity contribution is -0.161. The minimum atomic E-state index is -4.96. The van der Waals surface area contributed by atoms with Crippen molar-refractivity contribution in [1.82, 2.24) is 0 Å². The molecule has 0 heterocycles. The van der Waals surface area contributed by atoms with E-state index >= 15 is 0 Å². The summed E-state index contributed by atoms with van der Waals surface area (Å²) < 4.78 is 61.1. The normalized spacial score (nSPS) is 14.8. The highest BCUT2D eigenvalue weighted by Crippen LogP contribution is 2.45. The van der Waals surface area contributed by atoms with Crippen molar-refractivity contribution in [3.8, 4) is 0 Å². The fourth-order valence-corrected chi connectivity index (χ4v) is 11.7. The van der Waals surface area contributed by atoms with E-state index in [1.165, 1.54) is 103 Å². The molecule has 0 aliphatic heterocycles. The highest BCUT2D eigenvalue weighted by Gasteiger charge is 2.29. The fourth-order valence-electron chi connectivity index (χ4n) is 10.2. The lowest BCUT2D eigenvalue weighted by atomic mass is 10.1. The van der Waals surface area contributed by atoms with Crippen molar-refractivity contribution in [3.05, 3.63) is 158 Å². The molecule has 0 aliphatic rings. The monoisotopic (exact) mass is 1480 g/mol. The predicted molar refractivity (Wildman–Crippen MR) is 426 cm³/mol. The van der Waals surface area contributed by atoms with Gasteiger partial charge in [0, 0.05) is 19.3 Å². The number of phosphoric acid groups is 2. The summed E-state index contributed by atoms with van der Waals surface area (Å²) in [5.41, 5.74) is 0. The van der Waals surface area contributed by atoms with Gasteiger partial charge in [0.1, 0.15) is 25.4 Å². The summed E-state index contributed by atoms with van der Waals surface area (Å²) in [4.78, 5) is 58.7. The second-order valence-corrected chi connectivity index (χ2v) is 29.0. The highest BCUT2D eigenvalue weighted by molar-refractivity contribution is 7.47. The number of rotatable bonds is 74. The Bertz CT molecular complexity index is 2500. The maximum absolute atomic E-state index is 13.0. The van der Waals surface area contributed by atoms with Crippen LogP contribution in [-0.4, -0.2) is 95.9 Å². The number of allylic oxidation sites excluding steroid dienone is 26. The number of aliphatic hydroxyl groups is 2. The van der Waals surface area contributed by atoms with Gasteiger partial charge in [-0.25, -0.2) is 9.13 Å². The minimum absolute atomic E-state index is 0.0196. The summed E-state index contributed by atoms with van der Waals surface area (Å²) in [5, 5.41) is 20.6. The molecule has 0 spiro atoms. The van der Waals surface area contributed by atoms with Gasteiger partial charge in [-0.05, 0) is 148 Å². The fraction of sp³-hybridized carbons (Fsp3) is 0.659. The molecular weight excluding hydrogens is 1340 g/mol. The lowest BCUT2D eigenvalue weighted by Gasteiger charge is -2.21. The van der Waals surface area contributed by atoms with Crippen molar-refractivity contribution in [2.75, 3.05) is 39.6 Å². The topological polar surface area (TPSA) is 231 Å². The van der Waals surface area contributed by atoms with E-state index in [-0.39, 0.29) is 19.3 Å². The Morgan fingerprint density at radius 2 is 0.524 bits per heavy atom. The number of phosphoric ester groups is 2. The second kappa shape index (κ2) is 76.8. The van der Waals surface area contributed by atoms with Crippen LogP contribution in [0.1, 0.15) is 303 Å². The first-order valence-electron chi connectivity index (χ1n) is 39.8. The average molecular weight is 1480 g/mol. The number of ether oxygens (including phenoxy) is 3. The van der Waals surface area contributed by atoms with Crippen LogP contribution in [0.2, 0.25) is 0 Å². The first kappa shape index (κ1) is 98.2. The molecular formula is C85H142O16P2. The molecule has 0 amide bonds. The van der Waals surface area contributed by atoms with Crippen molar-refractivity contribution >= 4 is 33.6 Å². The number of hydrogen-bond acceptors (Lipinski definition) is 14. The second-order valence-electron chi connectivity index (χ2n) is 26.1. The first-order valence-corrected chi connectivity index (χ1v) is 42.8. The van der Waals surface area contributed by atoms with E-state index in [9.17, 15) is 43.5 Å². The molecule has 0 radical (unpaired) electrons. The molecule has 588 valence electrons. The number of carbonyl (C=O) groups excluding carboxylic acids is 3. The highest BCUT2D eigenvalue weighted by atomic mass is 31.2. The van der Waals surface area contributed by atoms with Gasteiger partial charge in [-0.3, -0.25) is 32.5 Å². The van der Waals surface area contributed by atoms with Gasteiger partial charge in [-0.1, -0.05) is 294 Å². The molecule has 0 saturated heterocycles. The average Bonchev–Trinajstić information content (AvgIpc) is 0.936. The Labute approximate surface area is 625 Å². The van der Waals surface area contributed by atoms with Crippen LogP contribution in [0, 0.1) is 0 Å². The van der Waals surface area contributed by atoms with Gasteiger partial charge in [0.2, 0.25) is 0 Å². The van der Waals surface area contributed by atoms with Gasteiger partial charge >= 0.3 is 33.6 Å². The zero-order valence-electron chi connectivity index (χ0n) is 64.2. The van der Waals surface area contributed by atoms with Crippen molar-refractivity contribution < 1.29 is 75.8 Å². The van der Waals surface area contributed by atoms with Crippen LogP contribution in [0.15, 0.2) is 158 Å². The van der Waals surface area contributed by atoms with Crippen LogP contribution in [0.4, 0.5) is 0 Å². The minimum Gasteiger partial charge on any atom is -0.463 e. The number of aliphatic hydroxyl groups excluding tert-OH is 2. The van der Waals surface area contributed by atoms with Gasteiger partial charge in [0.15, 0.2) is 6.10 Å². The van der Waals surface area contributed by atoms with E-state index < -0.39 is 91.5 Å². The van der Waals surface area contributed by atoms with E-state index in [1.54, 1.807) is 0 Å². The molecule has 0 aromatic heterocycles. The van der Waals surface area contributed by atoms with E-state index in [0.717, 1.165) is 135 Å². The molecule has 16 nitrogen and oxygen atoms in total. The van der Waals surface area contributed by atoms with Crippen LogP contribution in [-0.2, 0) is 55.8 Å². The molecule has 0 aromatic rings. The number of unbranched alkanes of at least 4 members (excludes halogenated alkanes) is 25. The van der Waals surface area contributed by atoms with Gasteiger partial charge in [0.05, 0.1) is 26.4 Å². The van der Waals surface area contributed by atoms with Gasteiger partial charge in [-0.2, -0.15) is 0 Å². The predicted octanol–water partition coefficient (Wildman–Crippen LogP) is 23.4. The maximum Gasteiger partial charge on any atom is 0.472 e. The van der Waals surface area contributed by atoms with Gasteiger partial charge in [-0.15, -0.1) is 0 Å². The van der Waals surface area contributed by atoms with Gasteiger partial charge < -0.3 is 34.2 Å². The zero-order valence-corrected chi connectivity index (χ0v) is 66.0. The summed E-state index contributed by atoms with van der Waals surface area (Å²) in [7, 11) is -9.82. The summed E-state index contributed by atoms with van der Waals surface area (Å²) in [5.74, 6) is -1.66. The molecule has 103 heavy (non-hydrogen) atoms.